The van der Waals surface area contributed by atoms with Crippen molar-refractivity contribution >= 4 is 29.3 Å². The van der Waals surface area contributed by atoms with Gasteiger partial charge in [-0.15, -0.1) is 11.8 Å². The number of likely N-dealkylation sites (tertiary alicyclic amines) is 1. The number of nitrogens with one attached hydrogen (secondary N) is 1. The van der Waals surface area contributed by atoms with Crippen molar-refractivity contribution in [1.82, 2.24) is 4.90 Å². The first-order valence-electron chi connectivity index (χ1n) is 8.51. The fourth-order valence-electron chi connectivity index (χ4n) is 2.84. The van der Waals surface area contributed by atoms with Crippen molar-refractivity contribution in [2.24, 2.45) is 0 Å². The third-order valence-electron chi connectivity index (χ3n) is 4.20. The Morgan fingerprint density at radius 2 is 1.72 bits per heavy atom. The zero-order chi connectivity index (χ0) is 17.6. The lowest BCUT2D eigenvalue weighted by Crippen LogP contribution is -2.28. The van der Waals surface area contributed by atoms with Gasteiger partial charge < -0.3 is 10.2 Å². The minimum absolute atomic E-state index is 0.0690. The van der Waals surface area contributed by atoms with E-state index < -0.39 is 0 Å². The highest BCUT2D eigenvalue weighted by molar-refractivity contribution is 8.00. The van der Waals surface area contributed by atoms with Crippen LogP contribution in [-0.4, -0.2) is 35.6 Å². The predicted molar refractivity (Wildman–Crippen MR) is 102 cm³/mol. The highest BCUT2D eigenvalue weighted by Crippen LogP contribution is 2.25. The van der Waals surface area contributed by atoms with E-state index in [0.717, 1.165) is 42.1 Å². The van der Waals surface area contributed by atoms with Gasteiger partial charge in [0.25, 0.3) is 5.91 Å². The lowest BCUT2D eigenvalue weighted by atomic mass is 10.2. The molecule has 0 radical (unpaired) electrons. The summed E-state index contributed by atoms with van der Waals surface area (Å²) in [6, 6.07) is 15.2. The maximum atomic E-state index is 12.6. The molecule has 0 saturated carbocycles. The van der Waals surface area contributed by atoms with Crippen LogP contribution in [0.4, 0.5) is 5.69 Å². The summed E-state index contributed by atoms with van der Waals surface area (Å²) >= 11 is 1.41. The number of aryl methyl sites for hydroxylation is 1. The number of rotatable bonds is 5. The smallest absolute Gasteiger partial charge is 0.254 e. The van der Waals surface area contributed by atoms with Crippen molar-refractivity contribution in [1.29, 1.82) is 0 Å². The van der Waals surface area contributed by atoms with Crippen molar-refractivity contribution in [2.75, 3.05) is 24.2 Å². The van der Waals surface area contributed by atoms with Crippen molar-refractivity contribution in [3.05, 3.63) is 59.7 Å². The highest BCUT2D eigenvalue weighted by atomic mass is 32.2. The molecule has 0 spiro atoms. The van der Waals surface area contributed by atoms with E-state index in [0.29, 0.717) is 5.56 Å². The molecule has 3 rings (SSSR count). The number of benzene rings is 2. The first-order valence-corrected chi connectivity index (χ1v) is 9.49. The van der Waals surface area contributed by atoms with E-state index in [9.17, 15) is 9.59 Å². The summed E-state index contributed by atoms with van der Waals surface area (Å²) in [5, 5.41) is 2.89. The molecule has 2 aromatic rings. The van der Waals surface area contributed by atoms with Crippen molar-refractivity contribution in [3.8, 4) is 0 Å². The molecule has 2 amide bonds. The number of carbonyl (C=O) groups is 2. The largest absolute Gasteiger partial charge is 0.339 e. The summed E-state index contributed by atoms with van der Waals surface area (Å²) in [6.45, 7) is 3.66. The number of nitrogens with zero attached hydrogens (tertiary/aromatic N) is 1. The normalized spacial score (nSPS) is 13.7. The Balaban J connectivity index is 1.61. The van der Waals surface area contributed by atoms with Gasteiger partial charge in [-0.2, -0.15) is 0 Å². The minimum atomic E-state index is -0.0720. The molecule has 0 aliphatic carbocycles. The Morgan fingerprint density at radius 1 is 1.04 bits per heavy atom. The second kappa shape index (κ2) is 8.21. The Morgan fingerprint density at radius 3 is 2.44 bits per heavy atom. The van der Waals surface area contributed by atoms with Crippen LogP contribution in [0.3, 0.4) is 0 Å². The summed E-state index contributed by atoms with van der Waals surface area (Å²) < 4.78 is 0. The number of thioether (sulfide) groups is 1. The molecular formula is C20H22N2O2S. The molecule has 1 N–H and O–H groups in total. The monoisotopic (exact) mass is 354 g/mol. The van der Waals surface area contributed by atoms with Gasteiger partial charge in [-0.05, 0) is 44.0 Å². The Labute approximate surface area is 152 Å². The summed E-state index contributed by atoms with van der Waals surface area (Å²) in [4.78, 5) is 27.6. The average Bonchev–Trinajstić information content (AvgIpc) is 3.16. The van der Waals surface area contributed by atoms with Crippen molar-refractivity contribution < 1.29 is 9.59 Å². The van der Waals surface area contributed by atoms with Gasteiger partial charge in [-0.1, -0.05) is 29.8 Å². The predicted octanol–water partition coefficient (Wildman–Crippen LogP) is 3.96. The maximum absolute atomic E-state index is 12.6. The molecule has 2 aromatic carbocycles. The topological polar surface area (TPSA) is 49.4 Å². The summed E-state index contributed by atoms with van der Waals surface area (Å²) in [6.07, 6.45) is 2.14. The number of hydrogen-bond acceptors (Lipinski definition) is 3. The van der Waals surface area contributed by atoms with Crippen LogP contribution in [0, 0.1) is 6.92 Å². The highest BCUT2D eigenvalue weighted by Gasteiger charge is 2.21. The van der Waals surface area contributed by atoms with Crippen LogP contribution in [0.25, 0.3) is 0 Å². The van der Waals surface area contributed by atoms with Gasteiger partial charge in [0.05, 0.1) is 11.3 Å². The molecule has 1 aliphatic rings. The van der Waals surface area contributed by atoms with E-state index in [1.807, 2.05) is 60.4 Å². The van der Waals surface area contributed by atoms with E-state index in [4.69, 9.17) is 0 Å². The van der Waals surface area contributed by atoms with Gasteiger partial charge >= 0.3 is 0 Å². The third kappa shape index (κ3) is 4.63. The summed E-state index contributed by atoms with van der Waals surface area (Å²) in [7, 11) is 0. The molecular weight excluding hydrogens is 332 g/mol. The van der Waals surface area contributed by atoms with Crippen LogP contribution in [0.1, 0.15) is 28.8 Å². The number of anilines is 1. The zero-order valence-electron chi connectivity index (χ0n) is 14.3. The van der Waals surface area contributed by atoms with E-state index >= 15 is 0 Å². The van der Waals surface area contributed by atoms with Crippen LogP contribution in [0.15, 0.2) is 53.4 Å². The molecule has 4 nitrogen and oxygen atoms in total. The van der Waals surface area contributed by atoms with Crippen molar-refractivity contribution in [2.45, 2.75) is 24.7 Å². The van der Waals surface area contributed by atoms with Gasteiger partial charge in [0.2, 0.25) is 5.91 Å². The van der Waals surface area contributed by atoms with Crippen LogP contribution >= 0.6 is 11.8 Å². The van der Waals surface area contributed by atoms with Crippen LogP contribution in [0.2, 0.25) is 0 Å². The third-order valence-corrected chi connectivity index (χ3v) is 5.28. The van der Waals surface area contributed by atoms with Gasteiger partial charge in [-0.3, -0.25) is 9.59 Å². The molecule has 1 fully saturated rings. The Hall–Kier alpha value is -2.27. The van der Waals surface area contributed by atoms with E-state index in [1.165, 1.54) is 11.8 Å². The quantitative estimate of drug-likeness (QED) is 0.827. The van der Waals surface area contributed by atoms with E-state index in [2.05, 4.69) is 5.32 Å². The van der Waals surface area contributed by atoms with Gasteiger partial charge in [0.1, 0.15) is 0 Å². The molecule has 1 heterocycles. The fourth-order valence-corrected chi connectivity index (χ4v) is 3.68. The van der Waals surface area contributed by atoms with Crippen LogP contribution < -0.4 is 5.32 Å². The lowest BCUT2D eigenvalue weighted by molar-refractivity contribution is -0.113. The molecule has 0 atom stereocenters. The summed E-state index contributed by atoms with van der Waals surface area (Å²) in [5.41, 5.74) is 2.64. The van der Waals surface area contributed by atoms with Gasteiger partial charge in [-0.25, -0.2) is 0 Å². The summed E-state index contributed by atoms with van der Waals surface area (Å²) in [5.74, 6) is 0.273. The molecule has 25 heavy (non-hydrogen) atoms. The van der Waals surface area contributed by atoms with Gasteiger partial charge in [0, 0.05) is 23.7 Å². The number of amides is 2. The standard InChI is InChI=1S/C20H22N2O2S/c1-15-8-10-16(11-9-15)21-19(23)14-25-18-7-3-2-6-17(18)20(24)22-12-4-5-13-22/h2-3,6-11H,4-5,12-14H2,1H3,(H,21,23). The molecule has 0 aromatic heterocycles. The van der Waals surface area contributed by atoms with E-state index in [-0.39, 0.29) is 17.6 Å². The fraction of sp³-hybridized carbons (Fsp3) is 0.300. The first-order chi connectivity index (χ1) is 12.1. The molecule has 1 saturated heterocycles. The molecule has 0 unspecified atom stereocenters. The Bertz CT molecular complexity index is 753. The molecule has 130 valence electrons. The lowest BCUT2D eigenvalue weighted by Gasteiger charge is -2.17. The zero-order valence-corrected chi connectivity index (χ0v) is 15.1. The first kappa shape index (κ1) is 17.5. The SMILES string of the molecule is Cc1ccc(NC(=O)CSc2ccccc2C(=O)N2CCCC2)cc1. The maximum Gasteiger partial charge on any atom is 0.254 e. The minimum Gasteiger partial charge on any atom is -0.339 e. The molecule has 5 heteroatoms. The average molecular weight is 354 g/mol. The number of hydrogen-bond donors (Lipinski definition) is 1. The van der Waals surface area contributed by atoms with Crippen LogP contribution in [-0.2, 0) is 4.79 Å². The second-order valence-corrected chi connectivity index (χ2v) is 7.22. The second-order valence-electron chi connectivity index (χ2n) is 6.20. The molecule has 0 bridgehead atoms. The number of carbonyl (C=O) groups excluding carboxylic acids is 2. The van der Waals surface area contributed by atoms with E-state index in [1.54, 1.807) is 0 Å². The van der Waals surface area contributed by atoms with Crippen LogP contribution in [0.5, 0.6) is 0 Å². The molecule has 1 aliphatic heterocycles. The van der Waals surface area contributed by atoms with Crippen molar-refractivity contribution in [3.63, 3.8) is 0 Å². The Kier molecular flexibility index (Phi) is 5.76. The van der Waals surface area contributed by atoms with Gasteiger partial charge in [0.15, 0.2) is 0 Å².